The molecule has 0 fully saturated rings. The van der Waals surface area contributed by atoms with Crippen molar-refractivity contribution in [3.05, 3.63) is 0 Å². The molecule has 0 bridgehead atoms. The van der Waals surface area contributed by atoms with E-state index < -0.39 is 17.9 Å². The van der Waals surface area contributed by atoms with Crippen molar-refractivity contribution < 1.29 is 77.5 Å². The molecule has 0 aliphatic carbocycles. The minimum Gasteiger partial charge on any atom is -0.548 e. The Bertz CT molecular complexity index is 646. The molecule has 0 spiro atoms. The molecular weight excluding hydrogens is 571 g/mol. The number of carboxylic acids is 1. The SMILES string of the molecule is CCCCCCCCCCCC(=O)NCCOCCOCCOCCOCCOCCOCCC(=O)N[C@@H](C)C(=O)[O-].[Na+]. The summed E-state index contributed by atoms with van der Waals surface area (Å²) >= 11 is 0. The quantitative estimate of drug-likeness (QED) is 0.0668. The maximum atomic E-state index is 11.8. The molecule has 0 saturated heterocycles. The smallest absolute Gasteiger partial charge is 0.548 e. The summed E-state index contributed by atoms with van der Waals surface area (Å²) < 4.78 is 32.4. The average Bonchev–Trinajstić information content (AvgIpc) is 2.97. The van der Waals surface area contributed by atoms with Crippen LogP contribution in [0.15, 0.2) is 0 Å². The van der Waals surface area contributed by atoms with Crippen LogP contribution in [-0.2, 0) is 42.8 Å². The number of carbonyl (C=O) groups excluding carboxylic acids is 3. The normalized spacial score (nSPS) is 11.6. The predicted molar refractivity (Wildman–Crippen MR) is 157 cm³/mol. The van der Waals surface area contributed by atoms with Crippen molar-refractivity contribution in [1.82, 2.24) is 10.6 Å². The van der Waals surface area contributed by atoms with E-state index in [9.17, 15) is 19.5 Å². The molecule has 0 aliphatic heterocycles. The molecule has 2 amide bonds. The van der Waals surface area contributed by atoms with Gasteiger partial charge in [0.1, 0.15) is 0 Å². The Morgan fingerprint density at radius 1 is 0.558 bits per heavy atom. The van der Waals surface area contributed by atoms with Crippen LogP contribution in [0.3, 0.4) is 0 Å². The van der Waals surface area contributed by atoms with Gasteiger partial charge in [-0.15, -0.1) is 0 Å². The number of rotatable bonds is 33. The van der Waals surface area contributed by atoms with E-state index in [2.05, 4.69) is 17.6 Å². The van der Waals surface area contributed by atoms with Crippen LogP contribution in [0.4, 0.5) is 0 Å². The second kappa shape index (κ2) is 35.6. The summed E-state index contributed by atoms with van der Waals surface area (Å²) in [7, 11) is 0. The molecule has 248 valence electrons. The summed E-state index contributed by atoms with van der Waals surface area (Å²) in [6.07, 6.45) is 11.9. The van der Waals surface area contributed by atoms with E-state index in [0.717, 1.165) is 12.8 Å². The molecule has 0 aromatic carbocycles. The molecule has 43 heavy (non-hydrogen) atoms. The maximum absolute atomic E-state index is 11.8. The monoisotopic (exact) mass is 628 g/mol. The largest absolute Gasteiger partial charge is 1.00 e. The third-order valence-corrected chi connectivity index (χ3v) is 6.14. The Labute approximate surface area is 281 Å². The first-order valence-corrected chi connectivity index (χ1v) is 15.7. The van der Waals surface area contributed by atoms with Crippen molar-refractivity contribution in [3.63, 3.8) is 0 Å². The molecule has 0 unspecified atom stereocenters. The van der Waals surface area contributed by atoms with Gasteiger partial charge in [0, 0.05) is 19.4 Å². The standard InChI is InChI=1S/C30H58N2O10.Na/c1-3-4-5-6-7-8-9-10-11-12-28(33)31-14-16-38-18-20-40-22-24-42-26-25-41-23-21-39-19-17-37-15-13-29(34)32-27(2)30(35)36;/h27H,3-26H2,1-2H3,(H,31,33)(H,32,34)(H,35,36);/q;+1/p-1/t27-;/m0./s1. The van der Waals surface area contributed by atoms with Crippen molar-refractivity contribution in [2.45, 2.75) is 90.5 Å². The fourth-order valence-electron chi connectivity index (χ4n) is 3.69. The number of aliphatic carboxylic acids is 1. The Morgan fingerprint density at radius 2 is 0.953 bits per heavy atom. The molecule has 0 aliphatic rings. The van der Waals surface area contributed by atoms with E-state index in [-0.39, 0.29) is 48.5 Å². The Kier molecular flexibility index (Phi) is 36.7. The van der Waals surface area contributed by atoms with E-state index in [1.807, 2.05) is 0 Å². The first kappa shape index (κ1) is 44.3. The molecule has 1 atom stereocenters. The van der Waals surface area contributed by atoms with Gasteiger partial charge in [0.05, 0.1) is 91.3 Å². The van der Waals surface area contributed by atoms with Crippen molar-refractivity contribution in [3.8, 4) is 0 Å². The van der Waals surface area contributed by atoms with E-state index >= 15 is 0 Å². The molecular formula is C30H57N2NaO10. The van der Waals surface area contributed by atoms with Gasteiger partial charge < -0.3 is 49.0 Å². The Morgan fingerprint density at radius 3 is 1.40 bits per heavy atom. The van der Waals surface area contributed by atoms with Gasteiger partial charge >= 0.3 is 29.6 Å². The van der Waals surface area contributed by atoms with Crippen LogP contribution in [0.2, 0.25) is 0 Å². The van der Waals surface area contributed by atoms with Crippen molar-refractivity contribution in [1.29, 1.82) is 0 Å². The molecule has 0 radical (unpaired) electrons. The van der Waals surface area contributed by atoms with E-state index in [0.29, 0.717) is 85.6 Å². The van der Waals surface area contributed by atoms with Crippen LogP contribution in [0, 0.1) is 0 Å². The third kappa shape index (κ3) is 35.5. The molecule has 13 heteroatoms. The fourth-order valence-corrected chi connectivity index (χ4v) is 3.69. The molecule has 0 aromatic rings. The van der Waals surface area contributed by atoms with E-state index in [1.54, 1.807) is 0 Å². The van der Waals surface area contributed by atoms with Gasteiger partial charge in [-0.3, -0.25) is 9.59 Å². The van der Waals surface area contributed by atoms with Gasteiger partial charge in [-0.2, -0.15) is 0 Å². The van der Waals surface area contributed by atoms with Crippen LogP contribution >= 0.6 is 0 Å². The summed E-state index contributed by atoms with van der Waals surface area (Å²) in [5.74, 6) is -1.63. The van der Waals surface area contributed by atoms with Gasteiger partial charge in [0.25, 0.3) is 0 Å². The zero-order valence-electron chi connectivity index (χ0n) is 27.1. The molecule has 0 aromatic heterocycles. The second-order valence-electron chi connectivity index (χ2n) is 9.96. The van der Waals surface area contributed by atoms with Crippen LogP contribution < -0.4 is 45.3 Å². The molecule has 0 rings (SSSR count). The van der Waals surface area contributed by atoms with Gasteiger partial charge in [-0.25, -0.2) is 0 Å². The molecule has 2 N–H and O–H groups in total. The van der Waals surface area contributed by atoms with Crippen molar-refractivity contribution in [2.24, 2.45) is 0 Å². The van der Waals surface area contributed by atoms with Crippen LogP contribution in [0.1, 0.15) is 84.5 Å². The number of hydrogen-bond donors (Lipinski definition) is 2. The van der Waals surface area contributed by atoms with Crippen molar-refractivity contribution in [2.75, 3.05) is 85.8 Å². The maximum Gasteiger partial charge on any atom is 1.00 e. The number of carbonyl (C=O) groups is 3. The Hall–Kier alpha value is -0.830. The zero-order chi connectivity index (χ0) is 30.9. The summed E-state index contributed by atoms with van der Waals surface area (Å²) in [6, 6.07) is -1.03. The summed E-state index contributed by atoms with van der Waals surface area (Å²) in [6.45, 7) is 9.09. The van der Waals surface area contributed by atoms with Gasteiger partial charge in [0.15, 0.2) is 0 Å². The van der Waals surface area contributed by atoms with Gasteiger partial charge in [-0.05, 0) is 13.3 Å². The molecule has 0 heterocycles. The molecule has 12 nitrogen and oxygen atoms in total. The second-order valence-corrected chi connectivity index (χ2v) is 9.96. The summed E-state index contributed by atoms with van der Waals surface area (Å²) in [5.41, 5.74) is 0. The number of nitrogens with one attached hydrogen (secondary N) is 2. The average molecular weight is 629 g/mol. The van der Waals surface area contributed by atoms with Gasteiger partial charge in [-0.1, -0.05) is 58.3 Å². The third-order valence-electron chi connectivity index (χ3n) is 6.14. The van der Waals surface area contributed by atoms with Crippen LogP contribution in [-0.4, -0.2) is 110 Å². The zero-order valence-corrected chi connectivity index (χ0v) is 29.1. The van der Waals surface area contributed by atoms with Crippen molar-refractivity contribution >= 4 is 17.8 Å². The first-order chi connectivity index (χ1) is 20.5. The minimum atomic E-state index is -1.33. The van der Waals surface area contributed by atoms with E-state index in [4.69, 9.17) is 28.4 Å². The topological polar surface area (TPSA) is 154 Å². The minimum absolute atomic E-state index is 0. The van der Waals surface area contributed by atoms with E-state index in [1.165, 1.54) is 51.9 Å². The summed E-state index contributed by atoms with van der Waals surface area (Å²) in [5, 5.41) is 15.7. The van der Waals surface area contributed by atoms with Gasteiger partial charge in [0.2, 0.25) is 11.8 Å². The number of unbranched alkanes of at least 4 members (excludes halogenated alkanes) is 8. The predicted octanol–water partition coefficient (Wildman–Crippen LogP) is -1.23. The van der Waals surface area contributed by atoms with Crippen LogP contribution in [0.25, 0.3) is 0 Å². The van der Waals surface area contributed by atoms with Crippen LogP contribution in [0.5, 0.6) is 0 Å². The number of ether oxygens (including phenoxy) is 6. The Balaban J connectivity index is 0. The number of amides is 2. The molecule has 0 saturated carbocycles. The summed E-state index contributed by atoms with van der Waals surface area (Å²) in [4.78, 5) is 33.9. The number of hydrogen-bond acceptors (Lipinski definition) is 10. The number of carboxylic acid groups (broad SMARTS) is 1. The fraction of sp³-hybridized carbons (Fsp3) is 0.900. The first-order valence-electron chi connectivity index (χ1n) is 15.7.